The molecule has 0 heterocycles. The Kier molecular flexibility index (Phi) is 5.93. The SMILES string of the molecule is CN(C)C(C=CNc1ccc(Cl)cc1Cl)=C(C#N)C#N. The van der Waals surface area contributed by atoms with Crippen LogP contribution in [-0.4, -0.2) is 19.0 Å². The molecule has 0 aliphatic heterocycles. The van der Waals surface area contributed by atoms with Crippen molar-refractivity contribution in [1.29, 1.82) is 10.5 Å². The number of hydrogen-bond donors (Lipinski definition) is 1. The molecule has 0 amide bonds. The predicted molar refractivity (Wildman–Crippen MR) is 81.2 cm³/mol. The number of nitrogens with zero attached hydrogens (tertiary/aromatic N) is 3. The molecule has 0 aliphatic rings. The van der Waals surface area contributed by atoms with Gasteiger partial charge in [-0.05, 0) is 24.3 Å². The van der Waals surface area contributed by atoms with Crippen molar-refractivity contribution in [3.05, 3.63) is 51.8 Å². The molecule has 0 radical (unpaired) electrons. The Morgan fingerprint density at radius 2 is 1.90 bits per heavy atom. The first-order chi connectivity index (χ1) is 9.49. The smallest absolute Gasteiger partial charge is 0.152 e. The van der Waals surface area contributed by atoms with Crippen LogP contribution in [0.4, 0.5) is 5.69 Å². The minimum Gasteiger partial charge on any atom is -0.376 e. The zero-order valence-electron chi connectivity index (χ0n) is 11.0. The van der Waals surface area contributed by atoms with Gasteiger partial charge in [0.25, 0.3) is 0 Å². The molecule has 4 nitrogen and oxygen atoms in total. The van der Waals surface area contributed by atoms with Gasteiger partial charge < -0.3 is 10.2 Å². The van der Waals surface area contributed by atoms with E-state index in [9.17, 15) is 0 Å². The quantitative estimate of drug-likeness (QED) is 0.679. The summed E-state index contributed by atoms with van der Waals surface area (Å²) in [7, 11) is 3.51. The molecule has 0 unspecified atom stereocenters. The lowest BCUT2D eigenvalue weighted by Crippen LogP contribution is -2.11. The van der Waals surface area contributed by atoms with E-state index in [4.69, 9.17) is 33.7 Å². The Bertz CT molecular complexity index is 618. The van der Waals surface area contributed by atoms with Crippen molar-refractivity contribution in [3.63, 3.8) is 0 Å². The normalized spacial score (nSPS) is 9.70. The van der Waals surface area contributed by atoms with Crippen molar-refractivity contribution in [2.24, 2.45) is 0 Å². The maximum absolute atomic E-state index is 8.89. The summed E-state index contributed by atoms with van der Waals surface area (Å²) < 4.78 is 0. The van der Waals surface area contributed by atoms with Gasteiger partial charge in [-0.3, -0.25) is 0 Å². The lowest BCUT2D eigenvalue weighted by molar-refractivity contribution is 0.527. The fourth-order valence-corrected chi connectivity index (χ4v) is 1.88. The van der Waals surface area contributed by atoms with E-state index in [2.05, 4.69) is 5.32 Å². The molecule has 20 heavy (non-hydrogen) atoms. The van der Waals surface area contributed by atoms with Crippen LogP contribution in [0.2, 0.25) is 10.0 Å². The Hall–Kier alpha value is -2.14. The number of hydrogen-bond acceptors (Lipinski definition) is 4. The van der Waals surface area contributed by atoms with Gasteiger partial charge >= 0.3 is 0 Å². The third kappa shape index (κ3) is 4.20. The van der Waals surface area contributed by atoms with Crippen molar-refractivity contribution in [2.45, 2.75) is 0 Å². The van der Waals surface area contributed by atoms with Crippen LogP contribution < -0.4 is 5.32 Å². The predicted octanol–water partition coefficient (Wildman–Crippen LogP) is 3.78. The number of anilines is 1. The molecule has 102 valence electrons. The second-order valence-electron chi connectivity index (χ2n) is 3.98. The Morgan fingerprint density at radius 1 is 1.25 bits per heavy atom. The monoisotopic (exact) mass is 306 g/mol. The van der Waals surface area contributed by atoms with Crippen LogP contribution in [0.3, 0.4) is 0 Å². The molecular weight excluding hydrogens is 295 g/mol. The van der Waals surface area contributed by atoms with Gasteiger partial charge in [0, 0.05) is 25.3 Å². The zero-order chi connectivity index (χ0) is 15.1. The molecule has 0 atom stereocenters. The minimum atomic E-state index is 0.0373. The topological polar surface area (TPSA) is 62.9 Å². The molecule has 0 aromatic heterocycles. The second kappa shape index (κ2) is 7.45. The average molecular weight is 307 g/mol. The molecule has 1 aromatic carbocycles. The molecule has 0 fully saturated rings. The summed E-state index contributed by atoms with van der Waals surface area (Å²) in [6, 6.07) is 8.78. The van der Waals surface area contributed by atoms with Crippen molar-refractivity contribution in [2.75, 3.05) is 19.4 Å². The van der Waals surface area contributed by atoms with Crippen LogP contribution in [0, 0.1) is 22.7 Å². The summed E-state index contributed by atoms with van der Waals surface area (Å²) >= 11 is 11.8. The number of likely N-dealkylation sites (N-methyl/N-ethyl adjacent to an activating group) is 1. The van der Waals surface area contributed by atoms with Crippen LogP contribution in [0.5, 0.6) is 0 Å². The Balaban J connectivity index is 2.95. The third-order valence-electron chi connectivity index (χ3n) is 2.37. The van der Waals surface area contributed by atoms with Crippen molar-refractivity contribution < 1.29 is 0 Å². The number of allylic oxidation sites excluding steroid dienone is 2. The molecular formula is C14H12Cl2N4. The molecule has 0 saturated heterocycles. The molecule has 0 bridgehead atoms. The highest BCUT2D eigenvalue weighted by Gasteiger charge is 2.05. The zero-order valence-corrected chi connectivity index (χ0v) is 12.5. The van der Waals surface area contributed by atoms with Gasteiger partial charge in [0.05, 0.1) is 16.4 Å². The largest absolute Gasteiger partial charge is 0.376 e. The van der Waals surface area contributed by atoms with E-state index < -0.39 is 0 Å². The number of nitrogens with one attached hydrogen (secondary N) is 1. The van der Waals surface area contributed by atoms with E-state index in [1.165, 1.54) is 0 Å². The highest BCUT2D eigenvalue weighted by atomic mass is 35.5. The van der Waals surface area contributed by atoms with Crippen molar-refractivity contribution in [3.8, 4) is 12.1 Å². The Labute approximate surface area is 128 Å². The summed E-state index contributed by atoms with van der Waals surface area (Å²) in [5.74, 6) is 0. The first-order valence-electron chi connectivity index (χ1n) is 5.59. The third-order valence-corrected chi connectivity index (χ3v) is 2.92. The molecule has 1 aromatic rings. The summed E-state index contributed by atoms with van der Waals surface area (Å²) in [4.78, 5) is 1.68. The van der Waals surface area contributed by atoms with Gasteiger partial charge in [-0.25, -0.2) is 0 Å². The van der Waals surface area contributed by atoms with Crippen LogP contribution in [0.25, 0.3) is 0 Å². The molecule has 1 N–H and O–H groups in total. The van der Waals surface area contributed by atoms with Gasteiger partial charge in [0.2, 0.25) is 0 Å². The summed E-state index contributed by atoms with van der Waals surface area (Å²) in [5, 5.41) is 21.8. The van der Waals surface area contributed by atoms with Crippen LogP contribution >= 0.6 is 23.2 Å². The maximum atomic E-state index is 8.89. The fourth-order valence-electron chi connectivity index (χ4n) is 1.41. The van der Waals surface area contributed by atoms with E-state index in [0.29, 0.717) is 21.4 Å². The van der Waals surface area contributed by atoms with E-state index in [1.54, 1.807) is 49.5 Å². The number of halogens is 2. The second-order valence-corrected chi connectivity index (χ2v) is 4.82. The first kappa shape index (κ1) is 15.9. The summed E-state index contributed by atoms with van der Waals surface area (Å²) in [5.41, 5.74) is 1.23. The standard InChI is InChI=1S/C14H12Cl2N4/c1-20(2)14(10(8-17)9-18)5-6-19-13-4-3-11(15)7-12(13)16/h3-7,19H,1-2H3. The molecule has 6 heteroatoms. The average Bonchev–Trinajstić information content (AvgIpc) is 2.40. The van der Waals surface area contributed by atoms with Crippen molar-refractivity contribution >= 4 is 28.9 Å². The van der Waals surface area contributed by atoms with Gasteiger partial charge in [0.1, 0.15) is 12.1 Å². The summed E-state index contributed by atoms with van der Waals surface area (Å²) in [6.45, 7) is 0. The van der Waals surface area contributed by atoms with E-state index in [-0.39, 0.29) is 5.57 Å². The van der Waals surface area contributed by atoms with E-state index in [0.717, 1.165) is 0 Å². The van der Waals surface area contributed by atoms with Gasteiger partial charge in [-0.1, -0.05) is 23.2 Å². The Morgan fingerprint density at radius 3 is 2.40 bits per heavy atom. The molecule has 0 spiro atoms. The maximum Gasteiger partial charge on any atom is 0.152 e. The van der Waals surface area contributed by atoms with Gasteiger partial charge in [0.15, 0.2) is 5.57 Å². The van der Waals surface area contributed by atoms with Gasteiger partial charge in [-0.2, -0.15) is 10.5 Å². The molecule has 1 rings (SSSR count). The van der Waals surface area contributed by atoms with Crippen LogP contribution in [0.15, 0.2) is 41.7 Å². The summed E-state index contributed by atoms with van der Waals surface area (Å²) in [6.07, 6.45) is 3.24. The van der Waals surface area contributed by atoms with E-state index >= 15 is 0 Å². The van der Waals surface area contributed by atoms with Crippen LogP contribution in [0.1, 0.15) is 0 Å². The number of nitriles is 2. The first-order valence-corrected chi connectivity index (χ1v) is 6.35. The molecule has 0 aliphatic carbocycles. The van der Waals surface area contributed by atoms with Crippen LogP contribution in [-0.2, 0) is 0 Å². The van der Waals surface area contributed by atoms with Gasteiger partial charge in [-0.15, -0.1) is 0 Å². The van der Waals surface area contributed by atoms with E-state index in [1.807, 2.05) is 12.1 Å². The lowest BCUT2D eigenvalue weighted by Gasteiger charge is -2.13. The highest BCUT2D eigenvalue weighted by Crippen LogP contribution is 2.25. The highest BCUT2D eigenvalue weighted by molar-refractivity contribution is 6.36. The number of benzene rings is 1. The fraction of sp³-hybridized carbons (Fsp3) is 0.143. The van der Waals surface area contributed by atoms with Crippen molar-refractivity contribution in [1.82, 2.24) is 4.90 Å². The lowest BCUT2D eigenvalue weighted by atomic mass is 10.2. The number of rotatable bonds is 4. The minimum absolute atomic E-state index is 0.0373. The molecule has 0 saturated carbocycles.